The van der Waals surface area contributed by atoms with Gasteiger partial charge in [-0.2, -0.15) is 0 Å². The van der Waals surface area contributed by atoms with E-state index in [-0.39, 0.29) is 55.5 Å². The third kappa shape index (κ3) is 71.9. The molecule has 0 saturated heterocycles. The monoisotopic (exact) mass is 790 g/mol. The molecule has 4 unspecified atom stereocenters. The first kappa shape index (κ1) is 44.6. The minimum Gasteiger partial charge on any atom is -0.324 e. The van der Waals surface area contributed by atoms with Crippen molar-refractivity contribution in [1.29, 1.82) is 0 Å². The van der Waals surface area contributed by atoms with Crippen molar-refractivity contribution in [3.8, 4) is 0 Å². The molecule has 0 aromatic rings. The maximum absolute atomic E-state index is 10.4. The standard InChI is InChI=1S/4C4H11O3P.U/c4*1-4(2)7-8(3,5)6;/h4*4H,1-3H3,(H,5,6);. The fourth-order valence-electron chi connectivity index (χ4n) is 1.56. The SMILES string of the molecule is CC(C)OP(C)(=O)O.CC(C)OP(C)(=O)O.CC(C)OP(C)(=O)O.CC(C)OP(C)(=O)O.[U]. The van der Waals surface area contributed by atoms with E-state index in [0.717, 1.165) is 0 Å². The molecule has 0 aliphatic rings. The zero-order valence-corrected chi connectivity index (χ0v) is 29.4. The van der Waals surface area contributed by atoms with Crippen LogP contribution < -0.4 is 0 Å². The quantitative estimate of drug-likeness (QED) is 0.244. The molecule has 0 bridgehead atoms. The van der Waals surface area contributed by atoms with E-state index in [4.69, 9.17) is 19.6 Å². The Hall–Kier alpha value is 1.65. The second-order valence-electron chi connectivity index (χ2n) is 7.83. The molecule has 0 spiro atoms. The summed E-state index contributed by atoms with van der Waals surface area (Å²) in [6.07, 6.45) is -0.682. The van der Waals surface area contributed by atoms with Gasteiger partial charge in [0.05, 0.1) is 24.4 Å². The van der Waals surface area contributed by atoms with E-state index in [0.29, 0.717) is 0 Å². The average molecular weight is 790 g/mol. The molecule has 0 heterocycles. The Bertz CT molecular complexity index is 534. The van der Waals surface area contributed by atoms with Crippen LogP contribution in [0.25, 0.3) is 0 Å². The summed E-state index contributed by atoms with van der Waals surface area (Å²) < 4.78 is 59.6. The van der Waals surface area contributed by atoms with Crippen molar-refractivity contribution >= 4 is 30.4 Å². The van der Waals surface area contributed by atoms with E-state index in [1.807, 2.05) is 0 Å². The second-order valence-corrected chi connectivity index (χ2v) is 15.1. The molecular weight excluding hydrogens is 746 g/mol. The van der Waals surface area contributed by atoms with Gasteiger partial charge in [0.25, 0.3) is 0 Å². The van der Waals surface area contributed by atoms with Gasteiger partial charge in [-0.25, -0.2) is 0 Å². The topological polar surface area (TPSA) is 186 Å². The fraction of sp³-hybridized carbons (Fsp3) is 1.00. The summed E-state index contributed by atoms with van der Waals surface area (Å²) in [6.45, 7) is 18.4. The third-order valence-electron chi connectivity index (χ3n) is 1.63. The summed E-state index contributed by atoms with van der Waals surface area (Å²) in [4.78, 5) is 34.1. The van der Waals surface area contributed by atoms with E-state index < -0.39 is 30.4 Å². The number of rotatable bonds is 8. The van der Waals surface area contributed by atoms with E-state index >= 15 is 0 Å². The molecule has 33 heavy (non-hydrogen) atoms. The Kier molecular flexibility index (Phi) is 28.0. The van der Waals surface area contributed by atoms with Crippen molar-refractivity contribution in [2.45, 2.75) is 79.8 Å². The average Bonchev–Trinajstić information content (AvgIpc) is 2.26. The van der Waals surface area contributed by atoms with E-state index in [9.17, 15) is 18.3 Å². The molecule has 0 amide bonds. The molecule has 4 N–H and O–H groups in total. The molecular formula is C16H44O12P4U. The largest absolute Gasteiger partial charge is 0.325 e. The zero-order valence-electron chi connectivity index (χ0n) is 21.7. The molecule has 0 radical (unpaired) electrons. The molecule has 0 aromatic heterocycles. The van der Waals surface area contributed by atoms with Gasteiger partial charge in [-0.1, -0.05) is 0 Å². The summed E-state index contributed by atoms with van der Waals surface area (Å²) >= 11 is 0. The van der Waals surface area contributed by atoms with Crippen LogP contribution in [-0.4, -0.2) is 70.6 Å². The minimum atomic E-state index is -3.22. The predicted octanol–water partition coefficient (Wildman–Crippen LogP) is 4.91. The summed E-state index contributed by atoms with van der Waals surface area (Å²) in [5.74, 6) is 0. The van der Waals surface area contributed by atoms with Crippen molar-refractivity contribution in [3.63, 3.8) is 0 Å². The minimum absolute atomic E-state index is 0. The molecule has 0 aliphatic heterocycles. The van der Waals surface area contributed by atoms with Crippen LogP contribution in [0.3, 0.4) is 0 Å². The predicted molar refractivity (Wildman–Crippen MR) is 128 cm³/mol. The normalized spacial score (nSPS) is 18.1. The molecule has 12 nitrogen and oxygen atoms in total. The van der Waals surface area contributed by atoms with Crippen molar-refractivity contribution in [2.75, 3.05) is 26.7 Å². The van der Waals surface area contributed by atoms with Gasteiger partial charge in [0.15, 0.2) is 0 Å². The van der Waals surface area contributed by atoms with E-state index in [1.165, 1.54) is 26.7 Å². The summed E-state index contributed by atoms with van der Waals surface area (Å²) in [5.41, 5.74) is 0. The first-order valence-electron chi connectivity index (χ1n) is 9.61. The molecule has 0 saturated carbocycles. The summed E-state index contributed by atoms with van der Waals surface area (Å²) in [5, 5.41) is 0. The Morgan fingerprint density at radius 1 is 0.424 bits per heavy atom. The molecule has 4 atom stereocenters. The molecule has 204 valence electrons. The van der Waals surface area contributed by atoms with Gasteiger partial charge in [-0.3, -0.25) is 18.3 Å². The van der Waals surface area contributed by atoms with E-state index in [1.54, 1.807) is 55.4 Å². The van der Waals surface area contributed by atoms with Gasteiger partial charge in [-0.05, 0) is 55.4 Å². The second kappa shape index (κ2) is 20.7. The summed E-state index contributed by atoms with van der Waals surface area (Å²) in [6, 6.07) is 0. The van der Waals surface area contributed by atoms with Crippen LogP contribution in [0.15, 0.2) is 0 Å². The number of hydrogen-bond donors (Lipinski definition) is 4. The first-order valence-corrected chi connectivity index (χ1v) is 17.7. The molecule has 0 aliphatic carbocycles. The molecule has 0 rings (SSSR count). The van der Waals surface area contributed by atoms with Crippen molar-refractivity contribution in [1.82, 2.24) is 0 Å². The van der Waals surface area contributed by atoms with Crippen molar-refractivity contribution in [3.05, 3.63) is 0 Å². The van der Waals surface area contributed by atoms with Crippen LogP contribution in [0.5, 0.6) is 0 Å². The van der Waals surface area contributed by atoms with Crippen LogP contribution in [-0.2, 0) is 36.4 Å². The fourth-order valence-corrected chi connectivity index (χ4v) is 4.69. The van der Waals surface area contributed by atoms with Crippen LogP contribution in [0.4, 0.5) is 0 Å². The van der Waals surface area contributed by atoms with Crippen molar-refractivity contribution < 1.29 is 87.0 Å². The van der Waals surface area contributed by atoms with E-state index in [2.05, 4.69) is 18.1 Å². The van der Waals surface area contributed by atoms with Gasteiger partial charge < -0.3 is 37.7 Å². The molecule has 17 heteroatoms. The van der Waals surface area contributed by atoms with Gasteiger partial charge >= 0.3 is 30.4 Å². The van der Waals surface area contributed by atoms with Gasteiger partial charge in [-0.15, -0.1) is 0 Å². The van der Waals surface area contributed by atoms with Crippen molar-refractivity contribution in [2.24, 2.45) is 0 Å². The Balaban J connectivity index is -0.000000105. The molecule has 0 aromatic carbocycles. The van der Waals surface area contributed by atoms with Gasteiger partial charge in [0.1, 0.15) is 0 Å². The summed E-state index contributed by atoms with van der Waals surface area (Å²) in [7, 11) is -12.9. The maximum Gasteiger partial charge on any atom is 0.325 e. The molecule has 0 fully saturated rings. The van der Waals surface area contributed by atoms with Gasteiger partial charge in [0, 0.05) is 57.8 Å². The third-order valence-corrected chi connectivity index (χ3v) is 4.88. The Morgan fingerprint density at radius 2 is 0.515 bits per heavy atom. The van der Waals surface area contributed by atoms with Crippen LogP contribution in [0.1, 0.15) is 55.4 Å². The van der Waals surface area contributed by atoms with Gasteiger partial charge in [0.2, 0.25) is 0 Å². The maximum atomic E-state index is 10.4. The smallest absolute Gasteiger partial charge is 0.324 e. The van der Waals surface area contributed by atoms with Crippen LogP contribution >= 0.6 is 30.4 Å². The zero-order chi connectivity index (χ0) is 27.1. The van der Waals surface area contributed by atoms with Crippen LogP contribution in [0.2, 0.25) is 0 Å². The Labute approximate surface area is 223 Å². The van der Waals surface area contributed by atoms with Crippen LogP contribution in [0, 0.1) is 31.1 Å². The Morgan fingerprint density at radius 3 is 0.515 bits per heavy atom. The number of hydrogen-bond acceptors (Lipinski definition) is 8. The first-order chi connectivity index (χ1) is 13.7.